The zero-order valence-electron chi connectivity index (χ0n) is 7.40. The molecule has 6 heteroatoms. The van der Waals surface area contributed by atoms with Crippen LogP contribution >= 0.6 is 0 Å². The highest BCUT2D eigenvalue weighted by molar-refractivity contribution is 7.86. The second-order valence-electron chi connectivity index (χ2n) is 3.79. The van der Waals surface area contributed by atoms with Crippen molar-refractivity contribution in [1.82, 2.24) is 4.31 Å². The van der Waals surface area contributed by atoms with Gasteiger partial charge in [-0.15, -0.1) is 0 Å². The summed E-state index contributed by atoms with van der Waals surface area (Å²) in [6.07, 6.45) is 2.84. The number of nitrogens with zero attached hydrogens (tertiary/aromatic N) is 1. The van der Waals surface area contributed by atoms with E-state index in [0.29, 0.717) is 19.8 Å². The Morgan fingerprint density at radius 1 is 1.31 bits per heavy atom. The van der Waals surface area contributed by atoms with Crippen molar-refractivity contribution in [1.29, 1.82) is 0 Å². The largest absolute Gasteiger partial charge is 0.377 e. The molecule has 76 valence electrons. The van der Waals surface area contributed by atoms with E-state index in [1.165, 1.54) is 4.31 Å². The van der Waals surface area contributed by atoms with Gasteiger partial charge in [-0.25, -0.2) is 5.14 Å². The molecule has 2 aliphatic rings. The number of hydrogen-bond donors (Lipinski definition) is 1. The van der Waals surface area contributed by atoms with Crippen LogP contribution in [-0.4, -0.2) is 38.0 Å². The van der Waals surface area contributed by atoms with Crippen LogP contribution in [0.15, 0.2) is 0 Å². The van der Waals surface area contributed by atoms with Gasteiger partial charge in [-0.3, -0.25) is 0 Å². The quantitative estimate of drug-likeness (QED) is 0.625. The number of rotatable bonds is 1. The topological polar surface area (TPSA) is 72.6 Å². The molecule has 0 aromatic rings. The Bertz CT molecular complexity index is 297. The third kappa shape index (κ3) is 1.48. The predicted octanol–water partition coefficient (Wildman–Crippen LogP) is -0.555. The van der Waals surface area contributed by atoms with E-state index in [2.05, 4.69) is 0 Å². The standard InChI is InChI=1S/C7H14N2O3S/c8-13(10,11)9-4-2-1-3-7(9)5-12-6-7/h1-6H2,(H2,8,10,11). The number of ether oxygens (including phenoxy) is 1. The summed E-state index contributed by atoms with van der Waals surface area (Å²) in [6, 6.07) is 0. The molecule has 0 aromatic carbocycles. The molecule has 5 nitrogen and oxygen atoms in total. The minimum atomic E-state index is -3.54. The Labute approximate surface area is 78.0 Å². The van der Waals surface area contributed by atoms with Gasteiger partial charge in [-0.1, -0.05) is 6.42 Å². The normalized spacial score (nSPS) is 28.7. The summed E-state index contributed by atoms with van der Waals surface area (Å²) in [6.45, 7) is 1.55. The van der Waals surface area contributed by atoms with E-state index in [9.17, 15) is 8.42 Å². The molecule has 2 fully saturated rings. The summed E-state index contributed by atoms with van der Waals surface area (Å²) in [5.74, 6) is 0. The molecule has 0 amide bonds. The van der Waals surface area contributed by atoms with E-state index in [0.717, 1.165) is 19.3 Å². The molecule has 2 heterocycles. The lowest BCUT2D eigenvalue weighted by Gasteiger charge is -2.50. The van der Waals surface area contributed by atoms with E-state index < -0.39 is 10.2 Å². The van der Waals surface area contributed by atoms with Gasteiger partial charge in [0.2, 0.25) is 0 Å². The van der Waals surface area contributed by atoms with Crippen LogP contribution in [0.25, 0.3) is 0 Å². The summed E-state index contributed by atoms with van der Waals surface area (Å²) < 4.78 is 29.0. The maximum atomic E-state index is 11.2. The summed E-state index contributed by atoms with van der Waals surface area (Å²) >= 11 is 0. The Morgan fingerprint density at radius 3 is 2.38 bits per heavy atom. The molecule has 0 bridgehead atoms. The Morgan fingerprint density at radius 2 is 2.00 bits per heavy atom. The first kappa shape index (κ1) is 9.39. The third-order valence-corrected chi connectivity index (χ3v) is 4.02. The van der Waals surface area contributed by atoms with Crippen molar-refractivity contribution >= 4 is 10.2 Å². The maximum Gasteiger partial charge on any atom is 0.277 e. The van der Waals surface area contributed by atoms with E-state index in [-0.39, 0.29) is 5.54 Å². The molecule has 1 spiro atoms. The molecule has 2 rings (SSSR count). The monoisotopic (exact) mass is 206 g/mol. The average Bonchev–Trinajstić information content (AvgIpc) is 2.00. The van der Waals surface area contributed by atoms with E-state index in [1.54, 1.807) is 0 Å². The maximum absolute atomic E-state index is 11.2. The van der Waals surface area contributed by atoms with Crippen molar-refractivity contribution in [2.45, 2.75) is 24.8 Å². The highest BCUT2D eigenvalue weighted by Gasteiger charge is 2.49. The van der Waals surface area contributed by atoms with E-state index in [4.69, 9.17) is 9.88 Å². The first-order valence-corrected chi connectivity index (χ1v) is 5.93. The second kappa shape index (κ2) is 2.91. The van der Waals surface area contributed by atoms with E-state index in [1.807, 2.05) is 0 Å². The van der Waals surface area contributed by atoms with Gasteiger partial charge >= 0.3 is 0 Å². The lowest BCUT2D eigenvalue weighted by atomic mass is 9.87. The van der Waals surface area contributed by atoms with Gasteiger partial charge in [0.25, 0.3) is 10.2 Å². The Balaban J connectivity index is 2.24. The summed E-state index contributed by atoms with van der Waals surface area (Å²) in [4.78, 5) is 0. The molecule has 2 saturated heterocycles. The fourth-order valence-electron chi connectivity index (χ4n) is 2.09. The number of hydrogen-bond acceptors (Lipinski definition) is 3. The van der Waals surface area contributed by atoms with Gasteiger partial charge in [0.1, 0.15) is 0 Å². The summed E-state index contributed by atoms with van der Waals surface area (Å²) in [5, 5.41) is 5.14. The molecular weight excluding hydrogens is 192 g/mol. The highest BCUT2D eigenvalue weighted by Crippen LogP contribution is 2.35. The molecular formula is C7H14N2O3S. The van der Waals surface area contributed by atoms with Crippen LogP contribution < -0.4 is 5.14 Å². The van der Waals surface area contributed by atoms with Crippen molar-refractivity contribution in [2.75, 3.05) is 19.8 Å². The molecule has 2 aliphatic heterocycles. The fourth-order valence-corrected chi connectivity index (χ4v) is 3.21. The molecule has 0 atom stereocenters. The lowest BCUT2D eigenvalue weighted by Crippen LogP contribution is -2.66. The van der Waals surface area contributed by atoms with Crippen LogP contribution in [0.3, 0.4) is 0 Å². The van der Waals surface area contributed by atoms with Crippen LogP contribution in [0.5, 0.6) is 0 Å². The molecule has 0 unspecified atom stereocenters. The van der Waals surface area contributed by atoms with E-state index >= 15 is 0 Å². The van der Waals surface area contributed by atoms with Crippen molar-refractivity contribution in [3.8, 4) is 0 Å². The van der Waals surface area contributed by atoms with Crippen molar-refractivity contribution < 1.29 is 13.2 Å². The fraction of sp³-hybridized carbons (Fsp3) is 1.00. The minimum absolute atomic E-state index is 0.300. The number of piperidine rings is 1. The van der Waals surface area contributed by atoms with Crippen LogP contribution in [0, 0.1) is 0 Å². The van der Waals surface area contributed by atoms with Crippen LogP contribution in [0.4, 0.5) is 0 Å². The van der Waals surface area contributed by atoms with Gasteiger partial charge in [-0.05, 0) is 12.8 Å². The van der Waals surface area contributed by atoms with Crippen molar-refractivity contribution in [3.63, 3.8) is 0 Å². The highest BCUT2D eigenvalue weighted by atomic mass is 32.2. The first-order valence-electron chi connectivity index (χ1n) is 4.43. The zero-order valence-corrected chi connectivity index (χ0v) is 8.22. The van der Waals surface area contributed by atoms with Gasteiger partial charge in [0.15, 0.2) is 0 Å². The summed E-state index contributed by atoms with van der Waals surface area (Å²) in [5.41, 5.74) is -0.300. The van der Waals surface area contributed by atoms with Gasteiger partial charge in [0.05, 0.1) is 18.8 Å². The van der Waals surface area contributed by atoms with Crippen molar-refractivity contribution in [2.24, 2.45) is 5.14 Å². The SMILES string of the molecule is NS(=O)(=O)N1CCCCC12COC2. The minimum Gasteiger partial charge on any atom is -0.377 e. The Kier molecular flexibility index (Phi) is 2.10. The molecule has 0 saturated carbocycles. The van der Waals surface area contributed by atoms with Gasteiger partial charge < -0.3 is 4.74 Å². The van der Waals surface area contributed by atoms with Crippen molar-refractivity contribution in [3.05, 3.63) is 0 Å². The summed E-state index contributed by atoms with van der Waals surface area (Å²) in [7, 11) is -3.54. The molecule has 0 radical (unpaired) electrons. The van der Waals surface area contributed by atoms with Crippen LogP contribution in [0.1, 0.15) is 19.3 Å². The smallest absolute Gasteiger partial charge is 0.277 e. The van der Waals surface area contributed by atoms with Gasteiger partial charge in [0, 0.05) is 6.54 Å². The van der Waals surface area contributed by atoms with Crippen LogP contribution in [0.2, 0.25) is 0 Å². The lowest BCUT2D eigenvalue weighted by molar-refractivity contribution is -0.125. The number of nitrogens with two attached hydrogens (primary N) is 1. The Hall–Kier alpha value is -0.170. The molecule has 2 N–H and O–H groups in total. The van der Waals surface area contributed by atoms with Crippen LogP contribution in [-0.2, 0) is 14.9 Å². The zero-order chi connectivity index (χ0) is 9.53. The predicted molar refractivity (Wildman–Crippen MR) is 47.2 cm³/mol. The average molecular weight is 206 g/mol. The molecule has 13 heavy (non-hydrogen) atoms. The third-order valence-electron chi connectivity index (χ3n) is 2.83. The van der Waals surface area contributed by atoms with Gasteiger partial charge in [-0.2, -0.15) is 12.7 Å². The second-order valence-corrected chi connectivity index (χ2v) is 5.26. The molecule has 0 aliphatic carbocycles. The first-order chi connectivity index (χ1) is 6.05. The molecule has 0 aromatic heterocycles.